The van der Waals surface area contributed by atoms with E-state index in [2.05, 4.69) is 20.8 Å². The van der Waals surface area contributed by atoms with Crippen LogP contribution < -0.4 is 0 Å². The Morgan fingerprint density at radius 1 is 1.00 bits per heavy atom. The van der Waals surface area contributed by atoms with Gasteiger partial charge in [0.25, 0.3) is 0 Å². The van der Waals surface area contributed by atoms with Gasteiger partial charge in [0, 0.05) is 6.61 Å². The van der Waals surface area contributed by atoms with Gasteiger partial charge < -0.3 is 9.84 Å². The van der Waals surface area contributed by atoms with Crippen LogP contribution in [-0.2, 0) is 4.74 Å². The Bertz CT molecular complexity index is 104. The minimum absolute atomic E-state index is 0.0601. The molecule has 0 radical (unpaired) electrons. The summed E-state index contributed by atoms with van der Waals surface area (Å²) < 4.78 is 5.60. The van der Waals surface area contributed by atoms with Crippen molar-refractivity contribution < 1.29 is 9.84 Å². The number of aliphatic hydroxyl groups excluding tert-OH is 1. The van der Waals surface area contributed by atoms with Crippen molar-refractivity contribution in [2.75, 3.05) is 6.61 Å². The first-order valence-electron chi connectivity index (χ1n) is 5.55. The van der Waals surface area contributed by atoms with Crippen molar-refractivity contribution >= 4 is 0 Å². The van der Waals surface area contributed by atoms with E-state index in [1.807, 2.05) is 0 Å². The van der Waals surface area contributed by atoms with E-state index in [4.69, 9.17) is 4.74 Å². The number of hydrogen-bond acceptors (Lipinski definition) is 2. The average Bonchev–Trinajstić information content (AvgIpc) is 2.12. The fraction of sp³-hybridized carbons (Fsp3) is 1.00. The molecular formula is C11H24O2. The summed E-state index contributed by atoms with van der Waals surface area (Å²) in [4.78, 5) is 0. The van der Waals surface area contributed by atoms with Gasteiger partial charge in [-0.15, -0.1) is 0 Å². The van der Waals surface area contributed by atoms with E-state index in [-0.39, 0.29) is 12.2 Å². The zero-order valence-corrected chi connectivity index (χ0v) is 9.25. The van der Waals surface area contributed by atoms with Crippen molar-refractivity contribution in [3.05, 3.63) is 0 Å². The molecule has 0 rings (SSSR count). The molecule has 0 aliphatic carbocycles. The van der Waals surface area contributed by atoms with E-state index in [1.165, 1.54) is 0 Å². The van der Waals surface area contributed by atoms with E-state index in [9.17, 15) is 5.11 Å². The van der Waals surface area contributed by atoms with Crippen molar-refractivity contribution in [3.63, 3.8) is 0 Å². The summed E-state index contributed by atoms with van der Waals surface area (Å²) in [5.41, 5.74) is 0. The molecule has 0 aliphatic heterocycles. The molecule has 80 valence electrons. The monoisotopic (exact) mass is 188 g/mol. The van der Waals surface area contributed by atoms with E-state index < -0.39 is 0 Å². The van der Waals surface area contributed by atoms with Gasteiger partial charge in [-0.2, -0.15) is 0 Å². The fourth-order valence-corrected chi connectivity index (χ4v) is 1.42. The van der Waals surface area contributed by atoms with Crippen molar-refractivity contribution in [2.45, 2.75) is 65.1 Å². The van der Waals surface area contributed by atoms with Crippen LogP contribution >= 0.6 is 0 Å². The molecule has 2 heteroatoms. The van der Waals surface area contributed by atoms with Gasteiger partial charge >= 0.3 is 0 Å². The predicted molar refractivity (Wildman–Crippen MR) is 55.9 cm³/mol. The third-order valence-corrected chi connectivity index (χ3v) is 2.12. The molecule has 0 aromatic rings. The number of rotatable bonds is 8. The second-order valence-corrected chi connectivity index (χ2v) is 3.55. The Kier molecular flexibility index (Phi) is 8.46. The van der Waals surface area contributed by atoms with Crippen LogP contribution in [-0.4, -0.2) is 23.9 Å². The first kappa shape index (κ1) is 12.9. The predicted octanol–water partition coefficient (Wildman–Crippen LogP) is 2.74. The van der Waals surface area contributed by atoms with Crippen LogP contribution in [0.1, 0.15) is 52.9 Å². The molecule has 0 aliphatic rings. The highest BCUT2D eigenvalue weighted by atomic mass is 16.5. The highest BCUT2D eigenvalue weighted by Gasteiger charge is 2.17. The summed E-state index contributed by atoms with van der Waals surface area (Å²) in [7, 11) is 0. The third kappa shape index (κ3) is 6.05. The molecular weight excluding hydrogens is 164 g/mol. The van der Waals surface area contributed by atoms with Crippen LogP contribution in [0.5, 0.6) is 0 Å². The molecule has 0 heterocycles. The highest BCUT2D eigenvalue weighted by Crippen LogP contribution is 2.12. The maximum absolute atomic E-state index is 9.74. The van der Waals surface area contributed by atoms with Crippen molar-refractivity contribution in [1.29, 1.82) is 0 Å². The summed E-state index contributed by atoms with van der Waals surface area (Å²) >= 11 is 0. The Labute approximate surface area is 82.3 Å². The Hall–Kier alpha value is -0.0800. The molecule has 0 saturated carbocycles. The van der Waals surface area contributed by atoms with E-state index in [0.717, 1.165) is 38.7 Å². The van der Waals surface area contributed by atoms with Gasteiger partial charge in [0.15, 0.2) is 0 Å². The van der Waals surface area contributed by atoms with Gasteiger partial charge in [0.1, 0.15) is 0 Å². The van der Waals surface area contributed by atoms with Gasteiger partial charge in [0.2, 0.25) is 0 Å². The number of aliphatic hydroxyl groups is 1. The van der Waals surface area contributed by atoms with E-state index >= 15 is 0 Å². The van der Waals surface area contributed by atoms with E-state index in [1.54, 1.807) is 0 Å². The lowest BCUT2D eigenvalue weighted by Gasteiger charge is -2.22. The maximum atomic E-state index is 9.74. The molecule has 2 unspecified atom stereocenters. The van der Waals surface area contributed by atoms with Gasteiger partial charge in [-0.05, 0) is 19.3 Å². The quantitative estimate of drug-likeness (QED) is 0.634. The van der Waals surface area contributed by atoms with Crippen LogP contribution in [0.4, 0.5) is 0 Å². The zero-order valence-electron chi connectivity index (χ0n) is 9.25. The smallest absolute Gasteiger partial charge is 0.0833 e. The van der Waals surface area contributed by atoms with Crippen molar-refractivity contribution in [3.8, 4) is 0 Å². The topological polar surface area (TPSA) is 29.5 Å². The average molecular weight is 188 g/mol. The number of hydrogen-bond donors (Lipinski definition) is 1. The van der Waals surface area contributed by atoms with E-state index in [0.29, 0.717) is 0 Å². The Morgan fingerprint density at radius 3 is 2.08 bits per heavy atom. The van der Waals surface area contributed by atoms with Gasteiger partial charge in [0.05, 0.1) is 12.2 Å². The highest BCUT2D eigenvalue weighted by molar-refractivity contribution is 4.68. The SMILES string of the molecule is CCCOC(CCC)C(O)CCC. The molecule has 2 nitrogen and oxygen atoms in total. The molecule has 0 aromatic carbocycles. The molecule has 0 aromatic heterocycles. The first-order chi connectivity index (χ1) is 6.26. The van der Waals surface area contributed by atoms with Crippen LogP contribution in [0.3, 0.4) is 0 Å². The van der Waals surface area contributed by atoms with Gasteiger partial charge in [-0.25, -0.2) is 0 Å². The van der Waals surface area contributed by atoms with Crippen LogP contribution in [0.15, 0.2) is 0 Å². The summed E-state index contributed by atoms with van der Waals surface area (Å²) in [6.07, 6.45) is 4.75. The first-order valence-corrected chi connectivity index (χ1v) is 5.55. The van der Waals surface area contributed by atoms with Gasteiger partial charge in [-0.3, -0.25) is 0 Å². The fourth-order valence-electron chi connectivity index (χ4n) is 1.42. The molecule has 0 fully saturated rings. The summed E-state index contributed by atoms with van der Waals surface area (Å²) in [6, 6.07) is 0. The van der Waals surface area contributed by atoms with Gasteiger partial charge in [-0.1, -0.05) is 33.6 Å². The molecule has 0 saturated heterocycles. The standard InChI is InChI=1S/C11H24O2/c1-4-7-10(12)11(8-5-2)13-9-6-3/h10-12H,4-9H2,1-3H3. The Morgan fingerprint density at radius 2 is 1.62 bits per heavy atom. The van der Waals surface area contributed by atoms with Crippen LogP contribution in [0.25, 0.3) is 0 Å². The Balaban J connectivity index is 3.75. The lowest BCUT2D eigenvalue weighted by Crippen LogP contribution is -2.29. The molecule has 0 amide bonds. The lowest BCUT2D eigenvalue weighted by molar-refractivity contribution is -0.0446. The maximum Gasteiger partial charge on any atom is 0.0833 e. The third-order valence-electron chi connectivity index (χ3n) is 2.12. The molecule has 2 atom stereocenters. The molecule has 13 heavy (non-hydrogen) atoms. The minimum Gasteiger partial charge on any atom is -0.390 e. The number of ether oxygens (including phenoxy) is 1. The lowest BCUT2D eigenvalue weighted by atomic mass is 10.0. The van der Waals surface area contributed by atoms with Crippen LogP contribution in [0.2, 0.25) is 0 Å². The largest absolute Gasteiger partial charge is 0.390 e. The molecule has 0 bridgehead atoms. The minimum atomic E-state index is -0.267. The second kappa shape index (κ2) is 8.52. The molecule has 0 spiro atoms. The zero-order chi connectivity index (χ0) is 10.1. The normalized spacial score (nSPS) is 15.7. The van der Waals surface area contributed by atoms with Crippen LogP contribution in [0, 0.1) is 0 Å². The molecule has 1 N–H and O–H groups in total. The van der Waals surface area contributed by atoms with Crippen molar-refractivity contribution in [1.82, 2.24) is 0 Å². The summed E-state index contributed by atoms with van der Waals surface area (Å²) in [5.74, 6) is 0. The summed E-state index contributed by atoms with van der Waals surface area (Å²) in [5, 5.41) is 9.74. The summed E-state index contributed by atoms with van der Waals surface area (Å²) in [6.45, 7) is 7.08. The van der Waals surface area contributed by atoms with Crippen molar-refractivity contribution in [2.24, 2.45) is 0 Å². The second-order valence-electron chi connectivity index (χ2n) is 3.55.